The molecule has 0 saturated carbocycles. The van der Waals surface area contributed by atoms with Crippen LogP contribution in [0.1, 0.15) is 6.92 Å². The molecule has 0 fully saturated rings. The van der Waals surface area contributed by atoms with E-state index in [1.54, 1.807) is 31.2 Å². The molecule has 0 aliphatic heterocycles. The van der Waals surface area contributed by atoms with Crippen LogP contribution in [0.2, 0.25) is 5.02 Å². The maximum atomic E-state index is 11.3. The molecule has 0 aliphatic carbocycles. The molecule has 1 rings (SSSR count). The molecule has 82 valence electrons. The first-order chi connectivity index (χ1) is 7.13. The fourth-order valence-corrected chi connectivity index (χ4v) is 1.17. The molecule has 1 atom stereocenters. The van der Waals surface area contributed by atoms with Gasteiger partial charge in [-0.3, -0.25) is 0 Å². The maximum Gasteiger partial charge on any atom is 0.319 e. The third kappa shape index (κ3) is 3.77. The molecule has 5 heteroatoms. The number of rotatable bonds is 3. The zero-order valence-corrected chi connectivity index (χ0v) is 9.08. The summed E-state index contributed by atoms with van der Waals surface area (Å²) in [5, 5.41) is 14.3. The van der Waals surface area contributed by atoms with Crippen LogP contribution >= 0.6 is 11.6 Å². The fraction of sp³-hybridized carbons (Fsp3) is 0.300. The Morgan fingerprint density at radius 1 is 1.53 bits per heavy atom. The van der Waals surface area contributed by atoms with E-state index in [0.29, 0.717) is 10.7 Å². The molecule has 0 spiro atoms. The lowest BCUT2D eigenvalue weighted by Crippen LogP contribution is -2.38. The SMILES string of the molecule is C[C@H](CO)NC(=O)Nc1ccccc1Cl. The number of halogens is 1. The number of hydrogen-bond acceptors (Lipinski definition) is 2. The van der Waals surface area contributed by atoms with E-state index in [-0.39, 0.29) is 18.7 Å². The molecule has 0 bridgehead atoms. The zero-order valence-electron chi connectivity index (χ0n) is 8.33. The zero-order chi connectivity index (χ0) is 11.3. The predicted octanol–water partition coefficient (Wildman–Crippen LogP) is 1.84. The molecule has 4 nitrogen and oxygen atoms in total. The van der Waals surface area contributed by atoms with Crippen LogP contribution in [0.25, 0.3) is 0 Å². The number of benzene rings is 1. The number of anilines is 1. The van der Waals surface area contributed by atoms with Gasteiger partial charge in [0.25, 0.3) is 0 Å². The van der Waals surface area contributed by atoms with Crippen molar-refractivity contribution >= 4 is 23.3 Å². The Balaban J connectivity index is 2.55. The van der Waals surface area contributed by atoms with Crippen LogP contribution in [-0.2, 0) is 0 Å². The normalized spacial score (nSPS) is 11.9. The van der Waals surface area contributed by atoms with Crippen molar-refractivity contribution in [3.05, 3.63) is 29.3 Å². The number of nitrogens with one attached hydrogen (secondary N) is 2. The molecule has 2 amide bonds. The second kappa shape index (κ2) is 5.58. The Bertz CT molecular complexity index is 344. The van der Waals surface area contributed by atoms with Gasteiger partial charge >= 0.3 is 6.03 Å². The van der Waals surface area contributed by atoms with Crippen molar-refractivity contribution in [2.45, 2.75) is 13.0 Å². The molecule has 0 heterocycles. The Morgan fingerprint density at radius 2 is 2.20 bits per heavy atom. The monoisotopic (exact) mass is 228 g/mol. The second-order valence-electron chi connectivity index (χ2n) is 3.16. The summed E-state index contributed by atoms with van der Waals surface area (Å²) in [7, 11) is 0. The van der Waals surface area contributed by atoms with E-state index in [9.17, 15) is 4.79 Å². The standard InChI is InChI=1S/C10H13ClN2O2/c1-7(6-14)12-10(15)13-9-5-3-2-4-8(9)11/h2-5,7,14H,6H2,1H3,(H2,12,13,15)/t7-/m1/s1. The van der Waals surface area contributed by atoms with E-state index in [4.69, 9.17) is 16.7 Å². The first kappa shape index (κ1) is 11.8. The lowest BCUT2D eigenvalue weighted by atomic mass is 10.3. The van der Waals surface area contributed by atoms with E-state index in [1.165, 1.54) is 0 Å². The number of amides is 2. The minimum Gasteiger partial charge on any atom is -0.394 e. The maximum absolute atomic E-state index is 11.3. The Hall–Kier alpha value is -1.26. The number of aliphatic hydroxyl groups is 1. The fourth-order valence-electron chi connectivity index (χ4n) is 0.990. The van der Waals surface area contributed by atoms with Crippen LogP contribution in [0.15, 0.2) is 24.3 Å². The number of urea groups is 1. The summed E-state index contributed by atoms with van der Waals surface area (Å²) in [4.78, 5) is 11.3. The number of para-hydroxylation sites is 1. The number of hydrogen-bond donors (Lipinski definition) is 3. The second-order valence-corrected chi connectivity index (χ2v) is 3.57. The van der Waals surface area contributed by atoms with Crippen molar-refractivity contribution in [3.63, 3.8) is 0 Å². The molecule has 3 N–H and O–H groups in total. The summed E-state index contributed by atoms with van der Waals surface area (Å²) in [5.74, 6) is 0. The number of aliphatic hydroxyl groups excluding tert-OH is 1. The molecular weight excluding hydrogens is 216 g/mol. The molecule has 0 unspecified atom stereocenters. The quantitative estimate of drug-likeness (QED) is 0.739. The molecule has 0 saturated heterocycles. The van der Waals surface area contributed by atoms with Crippen LogP contribution in [0, 0.1) is 0 Å². The van der Waals surface area contributed by atoms with Crippen LogP contribution < -0.4 is 10.6 Å². The van der Waals surface area contributed by atoms with Crippen molar-refractivity contribution in [1.82, 2.24) is 5.32 Å². The van der Waals surface area contributed by atoms with Crippen molar-refractivity contribution < 1.29 is 9.90 Å². The third-order valence-corrected chi connectivity index (χ3v) is 2.10. The van der Waals surface area contributed by atoms with Gasteiger partial charge in [0.2, 0.25) is 0 Å². The van der Waals surface area contributed by atoms with Gasteiger partial charge in [-0.15, -0.1) is 0 Å². The molecule has 0 aromatic heterocycles. The Labute approximate surface area is 93.2 Å². The van der Waals surface area contributed by atoms with Crippen molar-refractivity contribution in [3.8, 4) is 0 Å². The molecule has 0 aliphatic rings. The Morgan fingerprint density at radius 3 is 2.80 bits per heavy atom. The van der Waals surface area contributed by atoms with Gasteiger partial charge in [0.1, 0.15) is 0 Å². The topological polar surface area (TPSA) is 61.4 Å². The van der Waals surface area contributed by atoms with E-state index < -0.39 is 0 Å². The summed E-state index contributed by atoms with van der Waals surface area (Å²) in [5.41, 5.74) is 0.543. The molecule has 0 radical (unpaired) electrons. The lowest BCUT2D eigenvalue weighted by molar-refractivity contribution is 0.229. The van der Waals surface area contributed by atoms with Gasteiger partial charge in [-0.25, -0.2) is 4.79 Å². The Kier molecular flexibility index (Phi) is 4.39. The minimum atomic E-state index is -0.385. The highest BCUT2D eigenvalue weighted by atomic mass is 35.5. The summed E-state index contributed by atoms with van der Waals surface area (Å²) in [6.07, 6.45) is 0. The highest BCUT2D eigenvalue weighted by Crippen LogP contribution is 2.19. The van der Waals surface area contributed by atoms with Crippen LogP contribution in [0.4, 0.5) is 10.5 Å². The van der Waals surface area contributed by atoms with Gasteiger partial charge in [0, 0.05) is 0 Å². The average molecular weight is 229 g/mol. The molecule has 15 heavy (non-hydrogen) atoms. The summed E-state index contributed by atoms with van der Waals surface area (Å²) < 4.78 is 0. The van der Waals surface area contributed by atoms with E-state index in [1.807, 2.05) is 0 Å². The predicted molar refractivity (Wildman–Crippen MR) is 60.2 cm³/mol. The number of carbonyl (C=O) groups is 1. The molecule has 1 aromatic rings. The van der Waals surface area contributed by atoms with Crippen molar-refractivity contribution in [1.29, 1.82) is 0 Å². The van der Waals surface area contributed by atoms with E-state index in [0.717, 1.165) is 0 Å². The average Bonchev–Trinajstić information content (AvgIpc) is 2.21. The van der Waals surface area contributed by atoms with Gasteiger partial charge in [0.15, 0.2) is 0 Å². The van der Waals surface area contributed by atoms with Crippen molar-refractivity contribution in [2.24, 2.45) is 0 Å². The van der Waals surface area contributed by atoms with Crippen molar-refractivity contribution in [2.75, 3.05) is 11.9 Å². The highest BCUT2D eigenvalue weighted by molar-refractivity contribution is 6.33. The largest absolute Gasteiger partial charge is 0.394 e. The van der Waals surface area contributed by atoms with Gasteiger partial charge in [-0.05, 0) is 19.1 Å². The van der Waals surface area contributed by atoms with Crippen LogP contribution in [0.3, 0.4) is 0 Å². The number of carbonyl (C=O) groups excluding carboxylic acids is 1. The molecular formula is C10H13ClN2O2. The molecule has 1 aromatic carbocycles. The summed E-state index contributed by atoms with van der Waals surface area (Å²) >= 11 is 5.85. The van der Waals surface area contributed by atoms with Gasteiger partial charge in [0.05, 0.1) is 23.4 Å². The van der Waals surface area contributed by atoms with E-state index >= 15 is 0 Å². The van der Waals surface area contributed by atoms with Gasteiger partial charge < -0.3 is 15.7 Å². The van der Waals surface area contributed by atoms with Gasteiger partial charge in [-0.2, -0.15) is 0 Å². The first-order valence-corrected chi connectivity index (χ1v) is 4.94. The highest BCUT2D eigenvalue weighted by Gasteiger charge is 2.07. The van der Waals surface area contributed by atoms with Crippen LogP contribution in [-0.4, -0.2) is 23.8 Å². The van der Waals surface area contributed by atoms with E-state index in [2.05, 4.69) is 10.6 Å². The summed E-state index contributed by atoms with van der Waals surface area (Å²) in [6.45, 7) is 1.60. The smallest absolute Gasteiger partial charge is 0.319 e. The minimum absolute atomic E-state index is 0.101. The van der Waals surface area contributed by atoms with Crippen LogP contribution in [0.5, 0.6) is 0 Å². The first-order valence-electron chi connectivity index (χ1n) is 4.56. The lowest BCUT2D eigenvalue weighted by Gasteiger charge is -2.12. The van der Waals surface area contributed by atoms with Gasteiger partial charge in [-0.1, -0.05) is 23.7 Å². The summed E-state index contributed by atoms with van der Waals surface area (Å²) in [6, 6.07) is 6.27. The third-order valence-electron chi connectivity index (χ3n) is 1.77.